The van der Waals surface area contributed by atoms with Gasteiger partial charge in [0.05, 0.1) is 35.1 Å². The van der Waals surface area contributed by atoms with Crippen LogP contribution in [0.2, 0.25) is 0 Å². The van der Waals surface area contributed by atoms with Crippen molar-refractivity contribution in [2.75, 3.05) is 50.5 Å². The summed E-state index contributed by atoms with van der Waals surface area (Å²) < 4.78 is 6.50. The lowest BCUT2D eigenvalue weighted by Gasteiger charge is -2.29. The molecule has 154 valence electrons. The van der Waals surface area contributed by atoms with Gasteiger partial charge in [0.2, 0.25) is 0 Å². The van der Waals surface area contributed by atoms with E-state index in [0.717, 1.165) is 43.1 Å². The number of nitrogens with zero attached hydrogens (tertiary/aromatic N) is 4. The molecule has 1 fully saturated rings. The summed E-state index contributed by atoms with van der Waals surface area (Å²) in [6, 6.07) is 15.0. The lowest BCUT2D eigenvalue weighted by atomic mass is 10.1. The molecule has 0 unspecified atom stereocenters. The monoisotopic (exact) mass is 438 g/mol. The van der Waals surface area contributed by atoms with E-state index in [1.165, 1.54) is 16.2 Å². The Morgan fingerprint density at radius 2 is 2.03 bits per heavy atom. The summed E-state index contributed by atoms with van der Waals surface area (Å²) in [6.45, 7) is 4.50. The van der Waals surface area contributed by atoms with Crippen LogP contribution in [0.25, 0.3) is 10.2 Å². The number of thioether (sulfide) groups is 1. The molecule has 0 atom stereocenters. The molecular formula is C22H22N4O2S2. The fourth-order valence-electron chi connectivity index (χ4n) is 3.33. The highest BCUT2D eigenvalue weighted by Crippen LogP contribution is 2.32. The maximum atomic E-state index is 13.4. The highest BCUT2D eigenvalue weighted by molar-refractivity contribution is 7.98. The normalized spacial score (nSPS) is 14.5. The second kappa shape index (κ2) is 9.58. The molecule has 3 aromatic rings. The van der Waals surface area contributed by atoms with E-state index >= 15 is 0 Å². The third-order valence-electron chi connectivity index (χ3n) is 5.06. The molecule has 1 aromatic heterocycles. The Hall–Kier alpha value is -2.44. The van der Waals surface area contributed by atoms with Crippen LogP contribution in [-0.2, 0) is 4.74 Å². The van der Waals surface area contributed by atoms with Gasteiger partial charge in [-0.2, -0.15) is 5.26 Å². The highest BCUT2D eigenvalue weighted by Gasteiger charge is 2.23. The SMILES string of the molecule is CSc1ccc2nc(N(CCN3CCOCC3)C(=O)c3ccc(C#N)cc3)sc2c1. The Bertz CT molecular complexity index is 1070. The summed E-state index contributed by atoms with van der Waals surface area (Å²) in [5, 5.41) is 9.73. The van der Waals surface area contributed by atoms with E-state index in [1.54, 1.807) is 40.9 Å². The van der Waals surface area contributed by atoms with Gasteiger partial charge in [-0.25, -0.2) is 4.98 Å². The second-order valence-electron chi connectivity index (χ2n) is 6.93. The molecule has 4 rings (SSSR count). The molecule has 2 heterocycles. The molecule has 1 aliphatic rings. The van der Waals surface area contributed by atoms with E-state index in [-0.39, 0.29) is 5.91 Å². The van der Waals surface area contributed by atoms with Crippen LogP contribution >= 0.6 is 23.1 Å². The van der Waals surface area contributed by atoms with Crippen LogP contribution in [0.1, 0.15) is 15.9 Å². The van der Waals surface area contributed by atoms with Crippen molar-refractivity contribution < 1.29 is 9.53 Å². The number of aromatic nitrogens is 1. The van der Waals surface area contributed by atoms with Crippen molar-refractivity contribution in [2.45, 2.75) is 4.90 Å². The molecule has 2 aromatic carbocycles. The molecule has 1 amide bonds. The molecule has 8 heteroatoms. The number of amides is 1. The smallest absolute Gasteiger partial charge is 0.260 e. The number of anilines is 1. The zero-order chi connectivity index (χ0) is 20.9. The third kappa shape index (κ3) is 4.65. The van der Waals surface area contributed by atoms with Gasteiger partial charge in [-0.1, -0.05) is 11.3 Å². The minimum absolute atomic E-state index is 0.100. The van der Waals surface area contributed by atoms with Crippen LogP contribution in [-0.4, -0.2) is 61.4 Å². The minimum Gasteiger partial charge on any atom is -0.379 e. The Balaban J connectivity index is 1.63. The number of carbonyl (C=O) groups is 1. The van der Waals surface area contributed by atoms with Crippen molar-refractivity contribution >= 4 is 44.4 Å². The summed E-state index contributed by atoms with van der Waals surface area (Å²) in [4.78, 5) is 23.4. The first-order valence-electron chi connectivity index (χ1n) is 9.74. The third-order valence-corrected chi connectivity index (χ3v) is 6.83. The molecule has 1 aliphatic heterocycles. The topological polar surface area (TPSA) is 69.5 Å². The van der Waals surface area contributed by atoms with Crippen molar-refractivity contribution in [2.24, 2.45) is 0 Å². The van der Waals surface area contributed by atoms with Crippen LogP contribution in [0, 0.1) is 11.3 Å². The molecule has 0 saturated carbocycles. The van der Waals surface area contributed by atoms with Crippen LogP contribution in [0.4, 0.5) is 5.13 Å². The average Bonchev–Trinajstić information content (AvgIpc) is 3.22. The van der Waals surface area contributed by atoms with E-state index in [1.807, 2.05) is 12.3 Å². The van der Waals surface area contributed by atoms with Gasteiger partial charge in [-0.15, -0.1) is 11.8 Å². The number of fused-ring (bicyclic) bond motifs is 1. The number of hydrogen-bond acceptors (Lipinski definition) is 7. The summed E-state index contributed by atoms with van der Waals surface area (Å²) in [5.74, 6) is -0.100. The predicted molar refractivity (Wildman–Crippen MR) is 121 cm³/mol. The summed E-state index contributed by atoms with van der Waals surface area (Å²) >= 11 is 3.23. The van der Waals surface area contributed by atoms with Crippen molar-refractivity contribution in [1.82, 2.24) is 9.88 Å². The number of nitriles is 1. The summed E-state index contributed by atoms with van der Waals surface area (Å²) in [7, 11) is 0. The van der Waals surface area contributed by atoms with E-state index in [2.05, 4.69) is 23.1 Å². The molecule has 30 heavy (non-hydrogen) atoms. The van der Waals surface area contributed by atoms with Gasteiger partial charge in [0.15, 0.2) is 5.13 Å². The van der Waals surface area contributed by atoms with Crippen LogP contribution in [0.3, 0.4) is 0 Å². The molecular weight excluding hydrogens is 416 g/mol. The molecule has 0 bridgehead atoms. The maximum Gasteiger partial charge on any atom is 0.260 e. The summed E-state index contributed by atoms with van der Waals surface area (Å²) in [5.41, 5.74) is 1.99. The van der Waals surface area contributed by atoms with E-state index < -0.39 is 0 Å². The van der Waals surface area contributed by atoms with Crippen LogP contribution in [0.15, 0.2) is 47.4 Å². The van der Waals surface area contributed by atoms with E-state index in [4.69, 9.17) is 15.0 Å². The quantitative estimate of drug-likeness (QED) is 0.544. The van der Waals surface area contributed by atoms with Gasteiger partial charge >= 0.3 is 0 Å². The first-order valence-corrected chi connectivity index (χ1v) is 11.8. The molecule has 0 radical (unpaired) electrons. The first-order chi connectivity index (χ1) is 14.7. The first kappa shape index (κ1) is 20.8. The zero-order valence-electron chi connectivity index (χ0n) is 16.7. The molecule has 0 aliphatic carbocycles. The maximum absolute atomic E-state index is 13.4. The Morgan fingerprint density at radius 3 is 2.73 bits per heavy atom. The van der Waals surface area contributed by atoms with Gasteiger partial charge in [-0.3, -0.25) is 14.6 Å². The van der Waals surface area contributed by atoms with E-state index in [0.29, 0.717) is 22.8 Å². The van der Waals surface area contributed by atoms with Gasteiger partial charge in [0.25, 0.3) is 5.91 Å². The van der Waals surface area contributed by atoms with Gasteiger partial charge in [0, 0.05) is 36.6 Å². The Morgan fingerprint density at radius 1 is 1.27 bits per heavy atom. The lowest BCUT2D eigenvalue weighted by Crippen LogP contribution is -2.43. The van der Waals surface area contributed by atoms with Gasteiger partial charge in [-0.05, 0) is 48.7 Å². The molecule has 6 nitrogen and oxygen atoms in total. The van der Waals surface area contributed by atoms with Crippen molar-refractivity contribution in [3.05, 3.63) is 53.6 Å². The number of hydrogen-bond donors (Lipinski definition) is 0. The lowest BCUT2D eigenvalue weighted by molar-refractivity contribution is 0.0391. The Kier molecular flexibility index (Phi) is 6.65. The number of benzene rings is 2. The average molecular weight is 439 g/mol. The second-order valence-corrected chi connectivity index (χ2v) is 8.82. The highest BCUT2D eigenvalue weighted by atomic mass is 32.2. The number of morpholine rings is 1. The van der Waals surface area contributed by atoms with Crippen LogP contribution < -0.4 is 4.90 Å². The number of carbonyl (C=O) groups excluding carboxylic acids is 1. The fraction of sp³-hybridized carbons (Fsp3) is 0.318. The summed E-state index contributed by atoms with van der Waals surface area (Å²) in [6.07, 6.45) is 2.05. The molecule has 0 spiro atoms. The number of ether oxygens (including phenoxy) is 1. The largest absolute Gasteiger partial charge is 0.379 e. The zero-order valence-corrected chi connectivity index (χ0v) is 18.3. The number of rotatable bonds is 6. The number of thiazole rings is 1. The van der Waals surface area contributed by atoms with Crippen molar-refractivity contribution in [1.29, 1.82) is 5.26 Å². The minimum atomic E-state index is -0.100. The van der Waals surface area contributed by atoms with Gasteiger partial charge in [0.1, 0.15) is 0 Å². The predicted octanol–water partition coefficient (Wildman–Crippen LogP) is 3.87. The van der Waals surface area contributed by atoms with Crippen LogP contribution in [0.5, 0.6) is 0 Å². The van der Waals surface area contributed by atoms with Crippen molar-refractivity contribution in [3.63, 3.8) is 0 Å². The van der Waals surface area contributed by atoms with E-state index in [9.17, 15) is 4.79 Å². The van der Waals surface area contributed by atoms with Crippen molar-refractivity contribution in [3.8, 4) is 6.07 Å². The fourth-order valence-corrected chi connectivity index (χ4v) is 4.87. The Labute approximate surface area is 184 Å². The molecule has 0 N–H and O–H groups in total. The molecule has 1 saturated heterocycles. The standard InChI is InChI=1S/C22H22N4O2S2/c1-29-18-6-7-19-20(14-18)30-22(24-19)26(9-8-25-10-12-28-13-11-25)21(27)17-4-2-16(15-23)3-5-17/h2-7,14H,8-13H2,1H3. The van der Waals surface area contributed by atoms with Gasteiger partial charge < -0.3 is 4.74 Å².